The van der Waals surface area contributed by atoms with Crippen LogP contribution in [0.2, 0.25) is 5.02 Å². The zero-order valence-corrected chi connectivity index (χ0v) is 12.2. The average molecular weight is 313 g/mol. The topological polar surface area (TPSA) is 112 Å². The fraction of sp³-hybridized carbons (Fsp3) is 0.167. The molecule has 2 rings (SSSR count). The van der Waals surface area contributed by atoms with Gasteiger partial charge in [0.05, 0.1) is 10.6 Å². The maximum absolute atomic E-state index is 12.6. The number of aromatic nitrogens is 2. The summed E-state index contributed by atoms with van der Waals surface area (Å²) < 4.78 is 25.2. The zero-order chi connectivity index (χ0) is 14.9. The third-order valence-corrected chi connectivity index (χ3v) is 4.83. The van der Waals surface area contributed by atoms with Gasteiger partial charge in [-0.1, -0.05) is 18.5 Å². The first-order chi connectivity index (χ1) is 9.36. The zero-order valence-electron chi connectivity index (χ0n) is 10.7. The van der Waals surface area contributed by atoms with Crippen LogP contribution < -0.4 is 11.5 Å². The predicted octanol–water partition coefficient (Wildman–Crippen LogP) is 1.69. The van der Waals surface area contributed by atoms with Crippen molar-refractivity contribution in [2.24, 2.45) is 0 Å². The van der Waals surface area contributed by atoms with E-state index in [-0.39, 0.29) is 21.6 Å². The molecule has 106 valence electrons. The number of anilines is 2. The van der Waals surface area contributed by atoms with Crippen molar-refractivity contribution in [2.45, 2.75) is 23.1 Å². The molecule has 4 N–H and O–H groups in total. The highest BCUT2D eigenvalue weighted by atomic mass is 35.5. The molecule has 0 aliphatic heterocycles. The van der Waals surface area contributed by atoms with Gasteiger partial charge in [0.1, 0.15) is 10.7 Å². The van der Waals surface area contributed by atoms with E-state index in [2.05, 4.69) is 9.97 Å². The highest BCUT2D eigenvalue weighted by Crippen LogP contribution is 2.28. The summed E-state index contributed by atoms with van der Waals surface area (Å²) in [5.41, 5.74) is 11.5. The molecule has 8 heteroatoms. The van der Waals surface area contributed by atoms with Gasteiger partial charge in [-0.3, -0.25) is 0 Å². The van der Waals surface area contributed by atoms with Crippen LogP contribution in [-0.4, -0.2) is 18.4 Å². The molecule has 6 nitrogen and oxygen atoms in total. The second kappa shape index (κ2) is 5.26. The molecule has 1 aromatic carbocycles. The third kappa shape index (κ3) is 2.54. The van der Waals surface area contributed by atoms with Gasteiger partial charge >= 0.3 is 0 Å². The summed E-state index contributed by atoms with van der Waals surface area (Å²) in [6, 6.07) is 5.81. The molecule has 1 aromatic heterocycles. The first-order valence-electron chi connectivity index (χ1n) is 5.78. The smallest absolute Gasteiger partial charge is 0.222 e. The number of sulfone groups is 1. The van der Waals surface area contributed by atoms with Gasteiger partial charge in [0.25, 0.3) is 0 Å². The largest absolute Gasteiger partial charge is 0.382 e. The van der Waals surface area contributed by atoms with Gasteiger partial charge in [0.2, 0.25) is 15.8 Å². The summed E-state index contributed by atoms with van der Waals surface area (Å²) in [6.07, 6.45) is 0.374. The first-order valence-corrected chi connectivity index (χ1v) is 7.65. The summed E-state index contributed by atoms with van der Waals surface area (Å²) in [4.78, 5) is 7.65. The van der Waals surface area contributed by atoms with Crippen molar-refractivity contribution in [3.8, 4) is 0 Å². The van der Waals surface area contributed by atoms with Crippen LogP contribution >= 0.6 is 11.6 Å². The molecular weight excluding hydrogens is 300 g/mol. The van der Waals surface area contributed by atoms with E-state index >= 15 is 0 Å². The monoisotopic (exact) mass is 312 g/mol. The van der Waals surface area contributed by atoms with Gasteiger partial charge in [-0.05, 0) is 30.7 Å². The lowest BCUT2D eigenvalue weighted by molar-refractivity contribution is 0.594. The lowest BCUT2D eigenvalue weighted by Crippen LogP contribution is -2.14. The molecule has 0 unspecified atom stereocenters. The third-order valence-electron chi connectivity index (χ3n) is 2.71. The van der Waals surface area contributed by atoms with Crippen molar-refractivity contribution in [3.63, 3.8) is 0 Å². The second-order valence-corrected chi connectivity index (χ2v) is 6.38. The van der Waals surface area contributed by atoms with Gasteiger partial charge in [-0.2, -0.15) is 4.98 Å². The first kappa shape index (κ1) is 14.5. The Morgan fingerprint density at radius 2 is 1.75 bits per heavy atom. The molecule has 0 radical (unpaired) electrons. The van der Waals surface area contributed by atoms with Crippen LogP contribution in [0.4, 0.5) is 11.8 Å². The van der Waals surface area contributed by atoms with Crippen LogP contribution in [0.25, 0.3) is 0 Å². The molecular formula is C12H13ClN4O2S. The fourth-order valence-corrected chi connectivity index (χ4v) is 3.48. The van der Waals surface area contributed by atoms with E-state index < -0.39 is 9.84 Å². The highest BCUT2D eigenvalue weighted by molar-refractivity contribution is 7.91. The minimum Gasteiger partial charge on any atom is -0.382 e. The van der Waals surface area contributed by atoms with Crippen LogP contribution in [0.15, 0.2) is 34.1 Å². The van der Waals surface area contributed by atoms with Gasteiger partial charge in [0.15, 0.2) is 0 Å². The summed E-state index contributed by atoms with van der Waals surface area (Å²) in [5.74, 6) is -0.196. The SMILES string of the molecule is CCc1nc(N)nc(N)c1S(=O)(=O)c1ccc(Cl)cc1. The molecule has 20 heavy (non-hydrogen) atoms. The number of hydrogen-bond acceptors (Lipinski definition) is 6. The molecule has 0 aliphatic rings. The molecule has 0 saturated heterocycles. The molecule has 0 fully saturated rings. The number of benzene rings is 1. The van der Waals surface area contributed by atoms with E-state index in [9.17, 15) is 8.42 Å². The number of hydrogen-bond donors (Lipinski definition) is 2. The van der Waals surface area contributed by atoms with E-state index in [1.54, 1.807) is 6.92 Å². The van der Waals surface area contributed by atoms with Crippen molar-refractivity contribution < 1.29 is 8.42 Å². The Bertz CT molecular complexity index is 745. The molecule has 0 bridgehead atoms. The van der Waals surface area contributed by atoms with Crippen LogP contribution in [0.1, 0.15) is 12.6 Å². The summed E-state index contributed by atoms with van der Waals surface area (Å²) in [7, 11) is -3.81. The molecule has 0 amide bonds. The van der Waals surface area contributed by atoms with Gasteiger partial charge in [-0.25, -0.2) is 13.4 Å². The second-order valence-electron chi connectivity index (χ2n) is 4.05. The van der Waals surface area contributed by atoms with Crippen LogP contribution in [0.3, 0.4) is 0 Å². The van der Waals surface area contributed by atoms with Gasteiger partial charge in [0, 0.05) is 5.02 Å². The number of nitrogens with zero attached hydrogens (tertiary/aromatic N) is 2. The minimum absolute atomic E-state index is 0.0468. The Balaban J connectivity index is 2.69. The normalized spacial score (nSPS) is 11.5. The average Bonchev–Trinajstić information content (AvgIpc) is 2.37. The van der Waals surface area contributed by atoms with Gasteiger partial charge < -0.3 is 11.5 Å². The van der Waals surface area contributed by atoms with Gasteiger partial charge in [-0.15, -0.1) is 0 Å². The molecule has 0 atom stereocenters. The van der Waals surface area contributed by atoms with Crippen LogP contribution in [-0.2, 0) is 16.3 Å². The van der Waals surface area contributed by atoms with Crippen molar-refractivity contribution in [2.75, 3.05) is 11.5 Å². The standard InChI is InChI=1S/C12H13ClN4O2S/c1-2-9-10(11(14)17-12(15)16-9)20(18,19)8-5-3-7(13)4-6-8/h3-6H,2H2,1H3,(H4,14,15,16,17). The van der Waals surface area contributed by atoms with Crippen molar-refractivity contribution >= 4 is 33.2 Å². The van der Waals surface area contributed by atoms with E-state index in [0.29, 0.717) is 17.1 Å². The molecule has 0 spiro atoms. The lowest BCUT2D eigenvalue weighted by Gasteiger charge is -2.11. The van der Waals surface area contributed by atoms with Crippen molar-refractivity contribution in [3.05, 3.63) is 35.0 Å². The van der Waals surface area contributed by atoms with E-state index in [1.807, 2.05) is 0 Å². The number of rotatable bonds is 3. The summed E-state index contributed by atoms with van der Waals surface area (Å²) in [5, 5.41) is 0.446. The molecule has 0 aliphatic carbocycles. The number of halogens is 1. The van der Waals surface area contributed by atoms with Crippen molar-refractivity contribution in [1.82, 2.24) is 9.97 Å². The maximum Gasteiger partial charge on any atom is 0.222 e. The quantitative estimate of drug-likeness (QED) is 0.892. The number of aryl methyl sites for hydroxylation is 1. The van der Waals surface area contributed by atoms with E-state index in [0.717, 1.165) is 0 Å². The maximum atomic E-state index is 12.6. The van der Waals surface area contributed by atoms with Crippen LogP contribution in [0.5, 0.6) is 0 Å². The molecule has 0 saturated carbocycles. The lowest BCUT2D eigenvalue weighted by atomic mass is 10.3. The van der Waals surface area contributed by atoms with Crippen molar-refractivity contribution in [1.29, 1.82) is 0 Å². The highest BCUT2D eigenvalue weighted by Gasteiger charge is 2.26. The Labute approximate surface area is 121 Å². The van der Waals surface area contributed by atoms with E-state index in [4.69, 9.17) is 23.1 Å². The molecule has 1 heterocycles. The van der Waals surface area contributed by atoms with Crippen LogP contribution in [0, 0.1) is 0 Å². The Hall–Kier alpha value is -1.86. The Morgan fingerprint density at radius 3 is 2.30 bits per heavy atom. The van der Waals surface area contributed by atoms with E-state index in [1.165, 1.54) is 24.3 Å². The number of nitrogen functional groups attached to an aromatic ring is 2. The number of nitrogens with two attached hydrogens (primary N) is 2. The summed E-state index contributed by atoms with van der Waals surface area (Å²) in [6.45, 7) is 1.77. The fourth-order valence-electron chi connectivity index (χ4n) is 1.80. The Morgan fingerprint density at radius 1 is 1.15 bits per heavy atom. The predicted molar refractivity (Wildman–Crippen MR) is 77.1 cm³/mol. The summed E-state index contributed by atoms with van der Waals surface area (Å²) >= 11 is 5.76. The molecule has 2 aromatic rings. The minimum atomic E-state index is -3.81. The Kier molecular flexibility index (Phi) is 3.82.